The normalized spacial score (nSPS) is 16.0. The Bertz CT molecular complexity index is 441. The molecule has 1 aliphatic heterocycles. The molecule has 1 aliphatic rings. The lowest BCUT2D eigenvalue weighted by molar-refractivity contribution is -0.122. The molecule has 0 aromatic heterocycles. The number of amides is 1. The van der Waals surface area contributed by atoms with Crippen LogP contribution in [0, 0.1) is 5.82 Å². The smallest absolute Gasteiger partial charge is 0.234 e. The van der Waals surface area contributed by atoms with E-state index >= 15 is 0 Å². The Morgan fingerprint density at radius 3 is 2.48 bits per heavy atom. The summed E-state index contributed by atoms with van der Waals surface area (Å²) in [6.07, 6.45) is 2.13. The van der Waals surface area contributed by atoms with Crippen molar-refractivity contribution in [3.63, 3.8) is 0 Å². The van der Waals surface area contributed by atoms with E-state index < -0.39 is 0 Å². The van der Waals surface area contributed by atoms with Gasteiger partial charge in [-0.2, -0.15) is 0 Å². The number of unbranched alkanes of at least 4 members (excludes halogenated alkanes) is 1. The number of carbonyl (C=O) groups is 1. The van der Waals surface area contributed by atoms with E-state index in [0.29, 0.717) is 6.54 Å². The molecular weight excluding hydrogens is 269 g/mol. The van der Waals surface area contributed by atoms with Gasteiger partial charge in [-0.05, 0) is 30.7 Å². The van der Waals surface area contributed by atoms with Gasteiger partial charge in [-0.25, -0.2) is 4.39 Å². The van der Waals surface area contributed by atoms with Crippen LogP contribution in [0.25, 0.3) is 0 Å². The standard InChI is InChI=1S/C16H24FN3O/c1-2-3-8-18-16(21)13-19-9-11-20(12-10-19)15-6-4-14(17)5-7-15/h4-7H,2-3,8-13H2,1H3,(H,18,21). The third kappa shape index (κ3) is 5.01. The Morgan fingerprint density at radius 1 is 1.19 bits per heavy atom. The van der Waals surface area contributed by atoms with Crippen molar-refractivity contribution in [3.05, 3.63) is 30.1 Å². The molecule has 1 heterocycles. The van der Waals surface area contributed by atoms with Gasteiger partial charge >= 0.3 is 0 Å². The van der Waals surface area contributed by atoms with E-state index in [1.54, 1.807) is 0 Å². The van der Waals surface area contributed by atoms with Crippen LogP contribution in [0.1, 0.15) is 19.8 Å². The van der Waals surface area contributed by atoms with Gasteiger partial charge in [0.15, 0.2) is 0 Å². The summed E-state index contributed by atoms with van der Waals surface area (Å²) in [6, 6.07) is 6.59. The average molecular weight is 293 g/mol. The monoisotopic (exact) mass is 293 g/mol. The van der Waals surface area contributed by atoms with Crippen molar-refractivity contribution in [1.29, 1.82) is 0 Å². The number of rotatable bonds is 6. The molecular formula is C16H24FN3O. The number of nitrogens with one attached hydrogen (secondary N) is 1. The lowest BCUT2D eigenvalue weighted by Gasteiger charge is -2.35. The number of nitrogens with zero attached hydrogens (tertiary/aromatic N) is 2. The first-order chi connectivity index (χ1) is 10.2. The molecule has 1 N–H and O–H groups in total. The summed E-state index contributed by atoms with van der Waals surface area (Å²) in [6.45, 7) is 6.81. The maximum Gasteiger partial charge on any atom is 0.234 e. The zero-order valence-electron chi connectivity index (χ0n) is 12.6. The molecule has 5 heteroatoms. The second-order valence-electron chi connectivity index (χ2n) is 5.44. The predicted octanol–water partition coefficient (Wildman–Crippen LogP) is 1.86. The zero-order chi connectivity index (χ0) is 15.1. The number of halogens is 1. The van der Waals surface area contributed by atoms with Gasteiger partial charge in [0.1, 0.15) is 5.82 Å². The Hall–Kier alpha value is -1.62. The third-order valence-corrected chi connectivity index (χ3v) is 3.78. The molecule has 4 nitrogen and oxygen atoms in total. The first kappa shape index (κ1) is 15.8. The van der Waals surface area contributed by atoms with E-state index in [0.717, 1.165) is 51.3 Å². The van der Waals surface area contributed by atoms with Crippen molar-refractivity contribution in [2.24, 2.45) is 0 Å². The number of benzene rings is 1. The molecule has 0 aliphatic carbocycles. The SMILES string of the molecule is CCCCNC(=O)CN1CCN(c2ccc(F)cc2)CC1. The second kappa shape index (κ2) is 7.98. The molecule has 0 saturated carbocycles. The molecule has 0 atom stereocenters. The number of anilines is 1. The van der Waals surface area contributed by atoms with Crippen molar-refractivity contribution >= 4 is 11.6 Å². The second-order valence-corrected chi connectivity index (χ2v) is 5.44. The fourth-order valence-corrected chi connectivity index (χ4v) is 2.48. The molecule has 0 bridgehead atoms. The Balaban J connectivity index is 1.73. The maximum atomic E-state index is 12.9. The average Bonchev–Trinajstić information content (AvgIpc) is 2.49. The number of hydrogen-bond acceptors (Lipinski definition) is 3. The first-order valence-corrected chi connectivity index (χ1v) is 7.68. The van der Waals surface area contributed by atoms with Gasteiger partial charge in [0.25, 0.3) is 0 Å². The highest BCUT2D eigenvalue weighted by Crippen LogP contribution is 2.16. The minimum atomic E-state index is -0.207. The van der Waals surface area contributed by atoms with Gasteiger partial charge in [0.05, 0.1) is 6.54 Å². The minimum Gasteiger partial charge on any atom is -0.369 e. The number of carbonyl (C=O) groups excluding carboxylic acids is 1. The van der Waals surface area contributed by atoms with E-state index in [4.69, 9.17) is 0 Å². The van der Waals surface area contributed by atoms with Crippen LogP contribution in [-0.4, -0.2) is 50.1 Å². The topological polar surface area (TPSA) is 35.6 Å². The predicted molar refractivity (Wildman–Crippen MR) is 83.0 cm³/mol. The summed E-state index contributed by atoms with van der Waals surface area (Å²) in [5.74, 6) is -0.0974. The summed E-state index contributed by atoms with van der Waals surface area (Å²) in [5.41, 5.74) is 1.04. The summed E-state index contributed by atoms with van der Waals surface area (Å²) in [7, 11) is 0. The van der Waals surface area contributed by atoms with Crippen LogP contribution in [0.4, 0.5) is 10.1 Å². The van der Waals surface area contributed by atoms with Crippen molar-refractivity contribution in [2.45, 2.75) is 19.8 Å². The molecule has 1 aromatic rings. The van der Waals surface area contributed by atoms with Crippen molar-refractivity contribution in [2.75, 3.05) is 44.2 Å². The minimum absolute atomic E-state index is 0.110. The van der Waals surface area contributed by atoms with Crippen molar-refractivity contribution < 1.29 is 9.18 Å². The lowest BCUT2D eigenvalue weighted by atomic mass is 10.2. The quantitative estimate of drug-likeness (QED) is 0.813. The number of hydrogen-bond donors (Lipinski definition) is 1. The molecule has 116 valence electrons. The van der Waals surface area contributed by atoms with Crippen LogP contribution in [0.2, 0.25) is 0 Å². The molecule has 1 amide bonds. The van der Waals surface area contributed by atoms with Gasteiger partial charge in [-0.1, -0.05) is 13.3 Å². The maximum absolute atomic E-state index is 12.9. The third-order valence-electron chi connectivity index (χ3n) is 3.78. The van der Waals surface area contributed by atoms with Gasteiger partial charge < -0.3 is 10.2 Å². The fraction of sp³-hybridized carbons (Fsp3) is 0.562. The van der Waals surface area contributed by atoms with Crippen LogP contribution in [-0.2, 0) is 4.79 Å². The Kier molecular flexibility index (Phi) is 5.99. The van der Waals surface area contributed by atoms with Gasteiger partial charge in [-0.15, -0.1) is 0 Å². The molecule has 0 unspecified atom stereocenters. The van der Waals surface area contributed by atoms with Crippen LogP contribution < -0.4 is 10.2 Å². The highest BCUT2D eigenvalue weighted by molar-refractivity contribution is 5.78. The van der Waals surface area contributed by atoms with E-state index in [-0.39, 0.29) is 11.7 Å². The summed E-state index contributed by atoms with van der Waals surface area (Å²) in [4.78, 5) is 16.2. The highest BCUT2D eigenvalue weighted by Gasteiger charge is 2.18. The highest BCUT2D eigenvalue weighted by atomic mass is 19.1. The van der Waals surface area contributed by atoms with E-state index in [1.165, 1.54) is 12.1 Å². The van der Waals surface area contributed by atoms with Crippen LogP contribution in [0.15, 0.2) is 24.3 Å². The van der Waals surface area contributed by atoms with Crippen molar-refractivity contribution in [3.8, 4) is 0 Å². The van der Waals surface area contributed by atoms with Crippen LogP contribution in [0.5, 0.6) is 0 Å². The fourth-order valence-electron chi connectivity index (χ4n) is 2.48. The Labute approximate surface area is 125 Å². The zero-order valence-corrected chi connectivity index (χ0v) is 12.6. The molecule has 0 radical (unpaired) electrons. The van der Waals surface area contributed by atoms with E-state index in [2.05, 4.69) is 22.0 Å². The number of piperazine rings is 1. The largest absolute Gasteiger partial charge is 0.369 e. The lowest BCUT2D eigenvalue weighted by Crippen LogP contribution is -2.49. The van der Waals surface area contributed by atoms with Gasteiger partial charge in [0, 0.05) is 38.4 Å². The van der Waals surface area contributed by atoms with Crippen LogP contribution >= 0.6 is 0 Å². The molecule has 1 fully saturated rings. The van der Waals surface area contributed by atoms with Crippen LogP contribution in [0.3, 0.4) is 0 Å². The van der Waals surface area contributed by atoms with Crippen molar-refractivity contribution in [1.82, 2.24) is 10.2 Å². The molecule has 1 saturated heterocycles. The Morgan fingerprint density at radius 2 is 1.86 bits per heavy atom. The van der Waals surface area contributed by atoms with Gasteiger partial charge in [-0.3, -0.25) is 9.69 Å². The van der Waals surface area contributed by atoms with E-state index in [9.17, 15) is 9.18 Å². The van der Waals surface area contributed by atoms with E-state index in [1.807, 2.05) is 12.1 Å². The summed E-state index contributed by atoms with van der Waals surface area (Å²) in [5, 5.41) is 2.94. The summed E-state index contributed by atoms with van der Waals surface area (Å²) < 4.78 is 12.9. The molecule has 1 aromatic carbocycles. The molecule has 0 spiro atoms. The van der Waals surface area contributed by atoms with Gasteiger partial charge in [0.2, 0.25) is 5.91 Å². The molecule has 21 heavy (non-hydrogen) atoms. The molecule has 2 rings (SSSR count). The summed E-state index contributed by atoms with van der Waals surface area (Å²) >= 11 is 0. The first-order valence-electron chi connectivity index (χ1n) is 7.68.